The number of carboxylic acids is 1. The van der Waals surface area contributed by atoms with E-state index in [2.05, 4.69) is 32.9 Å². The van der Waals surface area contributed by atoms with Crippen LogP contribution in [0.1, 0.15) is 37.9 Å². The summed E-state index contributed by atoms with van der Waals surface area (Å²) in [5.41, 5.74) is 4.48. The third-order valence-electron chi connectivity index (χ3n) is 5.21. The number of aromatic nitrogens is 2. The lowest BCUT2D eigenvalue weighted by atomic mass is 9.86. The highest BCUT2D eigenvalue weighted by Gasteiger charge is 2.27. The Kier molecular flexibility index (Phi) is 4.71. The van der Waals surface area contributed by atoms with Crippen LogP contribution in [0.4, 0.5) is 0 Å². The molecule has 0 bridgehead atoms. The molecule has 0 amide bonds. The first-order valence-corrected chi connectivity index (χ1v) is 9.72. The smallest absolute Gasteiger partial charge is 0.331 e. The molecule has 4 heteroatoms. The number of imidazole rings is 1. The van der Waals surface area contributed by atoms with Gasteiger partial charge in [-0.15, -0.1) is 0 Å². The Morgan fingerprint density at radius 1 is 0.897 bits per heavy atom. The van der Waals surface area contributed by atoms with E-state index in [-0.39, 0.29) is 5.41 Å². The standard InChI is InChI=1S/C25H24N2O2/c1-25(2,3)19-15-13-18(14-16-19)23-26-20-11-7-8-12-21(20)27(23)22(24(28)29)17-9-5-4-6-10-17/h4-16,22H,1-3H3,(H,28,29). The molecule has 4 rings (SSSR count). The van der Waals surface area contributed by atoms with E-state index < -0.39 is 12.0 Å². The molecule has 0 aliphatic rings. The number of hydrogen-bond acceptors (Lipinski definition) is 2. The van der Waals surface area contributed by atoms with Gasteiger partial charge in [-0.3, -0.25) is 0 Å². The van der Waals surface area contributed by atoms with Crippen molar-refractivity contribution in [1.82, 2.24) is 9.55 Å². The summed E-state index contributed by atoms with van der Waals surface area (Å²) in [6.45, 7) is 6.52. The molecule has 1 unspecified atom stereocenters. The Labute approximate surface area is 170 Å². The summed E-state index contributed by atoms with van der Waals surface area (Å²) >= 11 is 0. The quantitative estimate of drug-likeness (QED) is 0.493. The van der Waals surface area contributed by atoms with Crippen molar-refractivity contribution >= 4 is 17.0 Å². The van der Waals surface area contributed by atoms with Crippen LogP contribution in [0.25, 0.3) is 22.4 Å². The molecule has 0 aliphatic carbocycles. The van der Waals surface area contributed by atoms with Crippen LogP contribution in [0.2, 0.25) is 0 Å². The van der Waals surface area contributed by atoms with Crippen LogP contribution >= 0.6 is 0 Å². The van der Waals surface area contributed by atoms with Crippen LogP contribution < -0.4 is 0 Å². The molecular weight excluding hydrogens is 360 g/mol. The van der Waals surface area contributed by atoms with Gasteiger partial charge in [0, 0.05) is 5.56 Å². The maximum absolute atomic E-state index is 12.4. The van der Waals surface area contributed by atoms with Gasteiger partial charge in [0.05, 0.1) is 11.0 Å². The molecule has 0 saturated heterocycles. The summed E-state index contributed by atoms with van der Waals surface area (Å²) < 4.78 is 1.83. The topological polar surface area (TPSA) is 55.1 Å². The minimum atomic E-state index is -0.910. The number of para-hydroxylation sites is 2. The van der Waals surface area contributed by atoms with Crippen molar-refractivity contribution < 1.29 is 9.90 Å². The minimum absolute atomic E-state index is 0.0479. The predicted molar refractivity (Wildman–Crippen MR) is 116 cm³/mol. The fourth-order valence-electron chi connectivity index (χ4n) is 3.67. The Bertz CT molecular complexity index is 1150. The lowest BCUT2D eigenvalue weighted by Crippen LogP contribution is -2.21. The number of hydrogen-bond donors (Lipinski definition) is 1. The molecule has 0 spiro atoms. The molecule has 4 aromatic rings. The zero-order chi connectivity index (χ0) is 20.6. The van der Waals surface area contributed by atoms with Gasteiger partial charge in [-0.05, 0) is 28.7 Å². The van der Waals surface area contributed by atoms with E-state index in [0.717, 1.165) is 22.2 Å². The second kappa shape index (κ2) is 7.21. The highest BCUT2D eigenvalue weighted by Crippen LogP contribution is 2.33. The molecule has 1 N–H and O–H groups in total. The molecule has 0 saturated carbocycles. The van der Waals surface area contributed by atoms with Gasteiger partial charge in [0.1, 0.15) is 5.82 Å². The van der Waals surface area contributed by atoms with E-state index in [1.165, 1.54) is 5.56 Å². The molecule has 3 aromatic carbocycles. The monoisotopic (exact) mass is 384 g/mol. The Morgan fingerprint density at radius 2 is 1.52 bits per heavy atom. The predicted octanol–water partition coefficient (Wildman–Crippen LogP) is 5.67. The van der Waals surface area contributed by atoms with Gasteiger partial charge in [0.15, 0.2) is 6.04 Å². The summed E-state index contributed by atoms with van der Waals surface area (Å²) in [6, 6.07) is 24.4. The van der Waals surface area contributed by atoms with Gasteiger partial charge in [0.25, 0.3) is 0 Å². The zero-order valence-corrected chi connectivity index (χ0v) is 16.8. The molecule has 1 atom stereocenters. The van der Waals surface area contributed by atoms with Gasteiger partial charge in [-0.25, -0.2) is 9.78 Å². The second-order valence-corrected chi connectivity index (χ2v) is 8.27. The molecule has 1 heterocycles. The van der Waals surface area contributed by atoms with Crippen LogP contribution in [-0.4, -0.2) is 20.6 Å². The number of aliphatic carboxylic acids is 1. The Hall–Kier alpha value is -3.40. The number of fused-ring (bicyclic) bond motifs is 1. The van der Waals surface area contributed by atoms with E-state index >= 15 is 0 Å². The van der Waals surface area contributed by atoms with Crippen LogP contribution in [0.15, 0.2) is 78.9 Å². The van der Waals surface area contributed by atoms with Crippen LogP contribution in [0.5, 0.6) is 0 Å². The molecule has 1 aromatic heterocycles. The van der Waals surface area contributed by atoms with Crippen LogP contribution in [0.3, 0.4) is 0 Å². The summed E-state index contributed by atoms with van der Waals surface area (Å²) in [5, 5.41) is 10.1. The van der Waals surface area contributed by atoms with Crippen molar-refractivity contribution in [3.8, 4) is 11.4 Å². The van der Waals surface area contributed by atoms with Crippen molar-refractivity contribution in [3.63, 3.8) is 0 Å². The summed E-state index contributed by atoms with van der Waals surface area (Å²) in [5.74, 6) is -0.255. The van der Waals surface area contributed by atoms with Gasteiger partial charge in [-0.1, -0.05) is 87.5 Å². The van der Waals surface area contributed by atoms with Gasteiger partial charge in [0.2, 0.25) is 0 Å². The van der Waals surface area contributed by atoms with Crippen molar-refractivity contribution in [2.24, 2.45) is 0 Å². The second-order valence-electron chi connectivity index (χ2n) is 8.27. The average Bonchev–Trinajstić information content (AvgIpc) is 3.08. The maximum atomic E-state index is 12.4. The van der Waals surface area contributed by atoms with Crippen molar-refractivity contribution in [2.75, 3.05) is 0 Å². The van der Waals surface area contributed by atoms with E-state index in [1.54, 1.807) is 0 Å². The number of rotatable bonds is 4. The Morgan fingerprint density at radius 3 is 2.14 bits per heavy atom. The van der Waals surface area contributed by atoms with Crippen molar-refractivity contribution in [3.05, 3.63) is 90.0 Å². The van der Waals surface area contributed by atoms with Crippen LogP contribution in [0, 0.1) is 0 Å². The fraction of sp³-hybridized carbons (Fsp3) is 0.200. The molecule has 0 radical (unpaired) electrons. The largest absolute Gasteiger partial charge is 0.479 e. The van der Waals surface area contributed by atoms with Gasteiger partial charge < -0.3 is 9.67 Å². The minimum Gasteiger partial charge on any atom is -0.479 e. The van der Waals surface area contributed by atoms with E-state index in [9.17, 15) is 9.90 Å². The third kappa shape index (κ3) is 3.54. The summed E-state index contributed by atoms with van der Waals surface area (Å²) in [7, 11) is 0. The molecule has 0 aliphatic heterocycles. The van der Waals surface area contributed by atoms with Crippen LogP contribution in [-0.2, 0) is 10.2 Å². The lowest BCUT2D eigenvalue weighted by molar-refractivity contribution is -0.139. The molecule has 0 fully saturated rings. The Balaban J connectivity index is 1.95. The maximum Gasteiger partial charge on any atom is 0.331 e. The van der Waals surface area contributed by atoms with E-state index in [0.29, 0.717) is 5.82 Å². The SMILES string of the molecule is CC(C)(C)c1ccc(-c2nc3ccccc3n2C(C(=O)O)c2ccccc2)cc1. The number of carboxylic acid groups (broad SMARTS) is 1. The third-order valence-corrected chi connectivity index (χ3v) is 5.21. The zero-order valence-electron chi connectivity index (χ0n) is 16.8. The van der Waals surface area contributed by atoms with Crippen molar-refractivity contribution in [1.29, 1.82) is 0 Å². The lowest BCUT2D eigenvalue weighted by Gasteiger charge is -2.21. The number of benzene rings is 3. The molecular formula is C25H24N2O2. The molecule has 4 nitrogen and oxygen atoms in total. The fourth-order valence-corrected chi connectivity index (χ4v) is 3.67. The number of nitrogens with zero attached hydrogens (tertiary/aromatic N) is 2. The highest BCUT2D eigenvalue weighted by atomic mass is 16.4. The van der Waals surface area contributed by atoms with Crippen molar-refractivity contribution in [2.45, 2.75) is 32.2 Å². The number of carbonyl (C=O) groups is 1. The first-order chi connectivity index (χ1) is 13.9. The van der Waals surface area contributed by atoms with Gasteiger partial charge in [-0.2, -0.15) is 0 Å². The summed E-state index contributed by atoms with van der Waals surface area (Å²) in [6.07, 6.45) is 0. The first-order valence-electron chi connectivity index (χ1n) is 9.72. The highest BCUT2D eigenvalue weighted by molar-refractivity contribution is 5.86. The van der Waals surface area contributed by atoms with Gasteiger partial charge >= 0.3 is 5.97 Å². The first kappa shape index (κ1) is 18.9. The average molecular weight is 384 g/mol. The van der Waals surface area contributed by atoms with E-state index in [4.69, 9.17) is 4.98 Å². The molecule has 29 heavy (non-hydrogen) atoms. The normalized spacial score (nSPS) is 12.8. The van der Waals surface area contributed by atoms with E-state index in [1.807, 2.05) is 71.3 Å². The molecule has 146 valence electrons. The summed E-state index contributed by atoms with van der Waals surface area (Å²) in [4.78, 5) is 17.2.